The first-order valence-corrected chi connectivity index (χ1v) is 7.14. The number of nitriles is 1. The predicted octanol–water partition coefficient (Wildman–Crippen LogP) is 1.55. The van der Waals surface area contributed by atoms with Crippen LogP contribution in [0.3, 0.4) is 0 Å². The molecule has 1 aromatic rings. The summed E-state index contributed by atoms with van der Waals surface area (Å²) in [7, 11) is 0.569. The standard InChI is InChI=1S/C13H18N2O2S/c1-10(5-6-14)18(16)9-11-3-4-12(8-15)13(7-11)17-2/h3-4,7,10H,5-6,9,14H2,1-2H3. The molecular weight excluding hydrogens is 248 g/mol. The van der Waals surface area contributed by atoms with E-state index in [0.717, 1.165) is 12.0 Å². The number of nitrogens with two attached hydrogens (primary N) is 1. The van der Waals surface area contributed by atoms with E-state index in [4.69, 9.17) is 15.7 Å². The van der Waals surface area contributed by atoms with E-state index in [1.807, 2.05) is 13.0 Å². The normalized spacial score (nSPS) is 13.7. The highest BCUT2D eigenvalue weighted by atomic mass is 32.2. The smallest absolute Gasteiger partial charge is 0.136 e. The third kappa shape index (κ3) is 3.83. The van der Waals surface area contributed by atoms with Crippen molar-refractivity contribution < 1.29 is 8.95 Å². The Hall–Kier alpha value is -1.38. The van der Waals surface area contributed by atoms with Gasteiger partial charge in [-0.1, -0.05) is 13.0 Å². The second kappa shape index (κ2) is 7.14. The van der Waals surface area contributed by atoms with Crippen LogP contribution in [-0.4, -0.2) is 23.1 Å². The zero-order valence-electron chi connectivity index (χ0n) is 10.7. The first kappa shape index (κ1) is 14.7. The molecule has 2 atom stereocenters. The Morgan fingerprint density at radius 3 is 2.83 bits per heavy atom. The van der Waals surface area contributed by atoms with Crippen molar-refractivity contribution in [2.45, 2.75) is 24.3 Å². The van der Waals surface area contributed by atoms with E-state index in [1.54, 1.807) is 12.1 Å². The van der Waals surface area contributed by atoms with Crippen LogP contribution in [0.25, 0.3) is 0 Å². The average Bonchev–Trinajstić information content (AvgIpc) is 2.38. The van der Waals surface area contributed by atoms with Gasteiger partial charge in [-0.25, -0.2) is 0 Å². The summed E-state index contributed by atoms with van der Waals surface area (Å²) in [5.41, 5.74) is 6.85. The van der Waals surface area contributed by atoms with E-state index in [9.17, 15) is 4.21 Å². The summed E-state index contributed by atoms with van der Waals surface area (Å²) in [4.78, 5) is 0. The molecule has 0 saturated heterocycles. The van der Waals surface area contributed by atoms with Gasteiger partial charge in [0.2, 0.25) is 0 Å². The third-order valence-corrected chi connectivity index (χ3v) is 4.47. The van der Waals surface area contributed by atoms with Crippen molar-refractivity contribution in [3.8, 4) is 11.8 Å². The highest BCUT2D eigenvalue weighted by Crippen LogP contribution is 2.20. The number of hydrogen-bond acceptors (Lipinski definition) is 4. The molecule has 5 heteroatoms. The van der Waals surface area contributed by atoms with Gasteiger partial charge in [0.1, 0.15) is 11.8 Å². The van der Waals surface area contributed by atoms with Gasteiger partial charge in [0.15, 0.2) is 0 Å². The number of rotatable bonds is 6. The molecule has 4 nitrogen and oxygen atoms in total. The number of hydrogen-bond donors (Lipinski definition) is 1. The van der Waals surface area contributed by atoms with E-state index in [1.165, 1.54) is 7.11 Å². The van der Waals surface area contributed by atoms with Crippen molar-refractivity contribution in [2.75, 3.05) is 13.7 Å². The summed E-state index contributed by atoms with van der Waals surface area (Å²) in [6.07, 6.45) is 0.750. The van der Waals surface area contributed by atoms with Crippen LogP contribution >= 0.6 is 0 Å². The summed E-state index contributed by atoms with van der Waals surface area (Å²) >= 11 is 0. The lowest BCUT2D eigenvalue weighted by Gasteiger charge is -2.11. The number of methoxy groups -OCH3 is 1. The van der Waals surface area contributed by atoms with Gasteiger partial charge in [-0.3, -0.25) is 4.21 Å². The highest BCUT2D eigenvalue weighted by Gasteiger charge is 2.12. The van der Waals surface area contributed by atoms with Crippen LogP contribution < -0.4 is 10.5 Å². The maximum absolute atomic E-state index is 12.0. The molecule has 1 aromatic carbocycles. The van der Waals surface area contributed by atoms with Gasteiger partial charge in [-0.2, -0.15) is 5.26 Å². The minimum Gasteiger partial charge on any atom is -0.495 e. The Morgan fingerprint density at radius 2 is 2.28 bits per heavy atom. The molecule has 0 fully saturated rings. The first-order chi connectivity index (χ1) is 8.62. The van der Waals surface area contributed by atoms with Gasteiger partial charge in [-0.15, -0.1) is 0 Å². The minimum atomic E-state index is -0.953. The Balaban J connectivity index is 2.80. The Kier molecular flexibility index (Phi) is 5.83. The molecule has 98 valence electrons. The van der Waals surface area contributed by atoms with Crippen LogP contribution in [0.2, 0.25) is 0 Å². The van der Waals surface area contributed by atoms with Crippen LogP contribution in [0.5, 0.6) is 5.75 Å². The van der Waals surface area contributed by atoms with Crippen molar-refractivity contribution in [3.63, 3.8) is 0 Å². The molecule has 0 aromatic heterocycles. The van der Waals surface area contributed by atoms with Crippen molar-refractivity contribution in [2.24, 2.45) is 5.73 Å². The van der Waals surface area contributed by atoms with Gasteiger partial charge < -0.3 is 10.5 Å². The van der Waals surface area contributed by atoms with E-state index in [-0.39, 0.29) is 5.25 Å². The maximum atomic E-state index is 12.0. The molecule has 2 N–H and O–H groups in total. The van der Waals surface area contributed by atoms with Crippen LogP contribution in [0.4, 0.5) is 0 Å². The summed E-state index contributed by atoms with van der Waals surface area (Å²) < 4.78 is 17.1. The number of ether oxygens (including phenoxy) is 1. The topological polar surface area (TPSA) is 76.1 Å². The highest BCUT2D eigenvalue weighted by molar-refractivity contribution is 7.84. The van der Waals surface area contributed by atoms with Crippen molar-refractivity contribution >= 4 is 10.8 Å². The zero-order valence-corrected chi connectivity index (χ0v) is 11.5. The summed E-state index contributed by atoms with van der Waals surface area (Å²) in [5, 5.41) is 8.96. The molecule has 0 amide bonds. The lowest BCUT2D eigenvalue weighted by atomic mass is 10.1. The second-order valence-electron chi connectivity index (χ2n) is 4.06. The fourth-order valence-electron chi connectivity index (χ4n) is 1.59. The van der Waals surface area contributed by atoms with E-state index in [0.29, 0.717) is 23.6 Å². The fourth-order valence-corrected chi connectivity index (χ4v) is 2.78. The molecule has 18 heavy (non-hydrogen) atoms. The van der Waals surface area contributed by atoms with Gasteiger partial charge >= 0.3 is 0 Å². The van der Waals surface area contributed by atoms with Crippen LogP contribution in [0.15, 0.2) is 18.2 Å². The minimum absolute atomic E-state index is 0.0802. The van der Waals surface area contributed by atoms with Gasteiger partial charge in [0.25, 0.3) is 0 Å². The summed E-state index contributed by atoms with van der Waals surface area (Å²) in [5.74, 6) is 0.988. The monoisotopic (exact) mass is 266 g/mol. The van der Waals surface area contributed by atoms with Crippen LogP contribution in [0.1, 0.15) is 24.5 Å². The largest absolute Gasteiger partial charge is 0.495 e. The molecule has 0 bridgehead atoms. The molecule has 0 aliphatic rings. The SMILES string of the molecule is COc1cc(CS(=O)C(C)CCN)ccc1C#N. The van der Waals surface area contributed by atoms with Crippen molar-refractivity contribution in [1.29, 1.82) is 5.26 Å². The van der Waals surface area contributed by atoms with Crippen molar-refractivity contribution in [3.05, 3.63) is 29.3 Å². The molecule has 0 spiro atoms. The zero-order chi connectivity index (χ0) is 13.5. The quantitative estimate of drug-likeness (QED) is 0.847. The van der Waals surface area contributed by atoms with E-state index < -0.39 is 10.8 Å². The third-order valence-electron chi connectivity index (χ3n) is 2.72. The maximum Gasteiger partial charge on any atom is 0.136 e. The first-order valence-electron chi connectivity index (χ1n) is 5.76. The lowest BCUT2D eigenvalue weighted by Crippen LogP contribution is -2.17. The lowest BCUT2D eigenvalue weighted by molar-refractivity contribution is 0.413. The second-order valence-corrected chi connectivity index (χ2v) is 5.91. The molecule has 0 heterocycles. The number of benzene rings is 1. The van der Waals surface area contributed by atoms with Gasteiger partial charge in [-0.05, 0) is 30.7 Å². The molecule has 0 aliphatic heterocycles. The molecule has 0 radical (unpaired) electrons. The van der Waals surface area contributed by atoms with Crippen LogP contribution in [-0.2, 0) is 16.6 Å². The average molecular weight is 266 g/mol. The Bertz CT molecular complexity index is 469. The molecule has 0 aliphatic carbocycles. The molecular formula is C13H18N2O2S. The van der Waals surface area contributed by atoms with Crippen molar-refractivity contribution in [1.82, 2.24) is 0 Å². The van der Waals surface area contributed by atoms with Crippen LogP contribution in [0, 0.1) is 11.3 Å². The number of nitrogens with zero attached hydrogens (tertiary/aromatic N) is 1. The Morgan fingerprint density at radius 1 is 1.56 bits per heavy atom. The fraction of sp³-hybridized carbons (Fsp3) is 0.462. The molecule has 0 saturated carbocycles. The van der Waals surface area contributed by atoms with Gasteiger partial charge in [0, 0.05) is 21.8 Å². The molecule has 1 rings (SSSR count). The Labute approximate surface area is 110 Å². The van der Waals surface area contributed by atoms with Gasteiger partial charge in [0.05, 0.1) is 12.7 Å². The molecule has 2 unspecified atom stereocenters. The van der Waals surface area contributed by atoms with E-state index in [2.05, 4.69) is 6.07 Å². The summed E-state index contributed by atoms with van der Waals surface area (Å²) in [6.45, 7) is 2.48. The predicted molar refractivity (Wildman–Crippen MR) is 72.7 cm³/mol. The van der Waals surface area contributed by atoms with E-state index >= 15 is 0 Å². The summed E-state index contributed by atoms with van der Waals surface area (Å²) in [6, 6.07) is 7.33.